The van der Waals surface area contributed by atoms with Gasteiger partial charge in [0.1, 0.15) is 0 Å². The first-order valence-corrected chi connectivity index (χ1v) is 2.85. The summed E-state index contributed by atoms with van der Waals surface area (Å²) in [7, 11) is 4.21. The third-order valence-corrected chi connectivity index (χ3v) is 1.47. The second-order valence-corrected chi connectivity index (χ2v) is 2.22. The maximum Gasteiger partial charge on any atom is 0.00582 e. The van der Waals surface area contributed by atoms with Crippen LogP contribution < -0.4 is 0 Å². The first-order valence-electron chi connectivity index (χ1n) is 2.85. The van der Waals surface area contributed by atoms with Crippen LogP contribution in [0.5, 0.6) is 0 Å². The minimum atomic E-state index is 0.736. The van der Waals surface area contributed by atoms with E-state index in [0.29, 0.717) is 0 Å². The summed E-state index contributed by atoms with van der Waals surface area (Å²) in [6, 6.07) is 0.736. The summed E-state index contributed by atoms with van der Waals surface area (Å²) in [6.45, 7) is 4.42. The standard InChI is InChI=1S/C6H15N/c1-5-6(2)7(3)4/h6H,5H2,1-4H3/t6-/m1/s1. The molecule has 0 saturated carbocycles. The van der Waals surface area contributed by atoms with Crippen LogP contribution in [0, 0.1) is 0 Å². The summed E-state index contributed by atoms with van der Waals surface area (Å²) in [5.41, 5.74) is 0. The highest BCUT2D eigenvalue weighted by atomic mass is 15.1. The van der Waals surface area contributed by atoms with Crippen LogP contribution in [-0.4, -0.2) is 25.0 Å². The molecule has 0 unspecified atom stereocenters. The highest BCUT2D eigenvalue weighted by Gasteiger charge is 1.96. The van der Waals surface area contributed by atoms with Crippen LogP contribution in [0.4, 0.5) is 0 Å². The van der Waals surface area contributed by atoms with Crippen molar-refractivity contribution in [3.05, 3.63) is 0 Å². The van der Waals surface area contributed by atoms with Gasteiger partial charge in [0.05, 0.1) is 0 Å². The lowest BCUT2D eigenvalue weighted by atomic mass is 10.2. The Balaban J connectivity index is 3.14. The molecule has 0 saturated heterocycles. The topological polar surface area (TPSA) is 3.24 Å². The molecule has 0 radical (unpaired) electrons. The van der Waals surface area contributed by atoms with Crippen LogP contribution in [0.2, 0.25) is 0 Å². The van der Waals surface area contributed by atoms with Crippen molar-refractivity contribution in [1.29, 1.82) is 0 Å². The fourth-order valence-corrected chi connectivity index (χ4v) is 0.365. The van der Waals surface area contributed by atoms with E-state index in [1.54, 1.807) is 0 Å². The van der Waals surface area contributed by atoms with Crippen LogP contribution in [-0.2, 0) is 0 Å². The van der Waals surface area contributed by atoms with Gasteiger partial charge >= 0.3 is 0 Å². The SMILES string of the molecule is CC[C@@H](C)N(C)C. The third kappa shape index (κ3) is 2.63. The van der Waals surface area contributed by atoms with Crippen LogP contribution in [0.1, 0.15) is 20.3 Å². The van der Waals surface area contributed by atoms with Crippen LogP contribution in [0.25, 0.3) is 0 Å². The second-order valence-electron chi connectivity index (χ2n) is 2.22. The Bertz CT molecular complexity index is 41.4. The third-order valence-electron chi connectivity index (χ3n) is 1.47. The van der Waals surface area contributed by atoms with Gasteiger partial charge in [0.15, 0.2) is 0 Å². The summed E-state index contributed by atoms with van der Waals surface area (Å²) in [4.78, 5) is 2.22. The molecule has 0 aromatic heterocycles. The molecule has 44 valence electrons. The molecule has 0 aliphatic heterocycles. The zero-order valence-electron chi connectivity index (χ0n) is 5.73. The fraction of sp³-hybridized carbons (Fsp3) is 1.00. The summed E-state index contributed by atoms with van der Waals surface area (Å²) in [5.74, 6) is 0. The second kappa shape index (κ2) is 3.03. The summed E-state index contributed by atoms with van der Waals surface area (Å²) < 4.78 is 0. The summed E-state index contributed by atoms with van der Waals surface area (Å²) in [5, 5.41) is 0. The van der Waals surface area contributed by atoms with Crippen LogP contribution >= 0.6 is 0 Å². The van der Waals surface area contributed by atoms with Crippen molar-refractivity contribution in [1.82, 2.24) is 4.90 Å². The quantitative estimate of drug-likeness (QED) is 0.507. The molecular weight excluding hydrogens is 86.1 g/mol. The van der Waals surface area contributed by atoms with E-state index in [1.165, 1.54) is 6.42 Å². The molecular formula is C6H15N. The molecule has 1 atom stereocenters. The van der Waals surface area contributed by atoms with E-state index in [0.717, 1.165) is 6.04 Å². The van der Waals surface area contributed by atoms with Crippen molar-refractivity contribution < 1.29 is 0 Å². The zero-order chi connectivity index (χ0) is 5.86. The summed E-state index contributed by atoms with van der Waals surface area (Å²) in [6.07, 6.45) is 1.24. The molecule has 0 aromatic carbocycles. The largest absolute Gasteiger partial charge is 0.307 e. The molecule has 0 aliphatic rings. The molecule has 0 heterocycles. The van der Waals surface area contributed by atoms with Crippen molar-refractivity contribution in [2.75, 3.05) is 14.1 Å². The smallest absolute Gasteiger partial charge is 0.00582 e. The first-order chi connectivity index (χ1) is 3.18. The van der Waals surface area contributed by atoms with Gasteiger partial charge in [0.2, 0.25) is 0 Å². The van der Waals surface area contributed by atoms with E-state index in [-0.39, 0.29) is 0 Å². The van der Waals surface area contributed by atoms with Gasteiger partial charge in [0.25, 0.3) is 0 Å². The van der Waals surface area contributed by atoms with Crippen molar-refractivity contribution in [2.24, 2.45) is 0 Å². The Kier molecular flexibility index (Phi) is 3.01. The highest BCUT2D eigenvalue weighted by molar-refractivity contribution is 4.53. The Morgan fingerprint density at radius 1 is 1.43 bits per heavy atom. The van der Waals surface area contributed by atoms with Gasteiger partial charge in [-0.05, 0) is 27.4 Å². The first kappa shape index (κ1) is 6.96. The Morgan fingerprint density at radius 2 is 1.86 bits per heavy atom. The van der Waals surface area contributed by atoms with Gasteiger partial charge in [-0.25, -0.2) is 0 Å². The zero-order valence-corrected chi connectivity index (χ0v) is 5.73. The molecule has 0 spiro atoms. The molecule has 0 rings (SSSR count). The molecule has 1 heteroatoms. The van der Waals surface area contributed by atoms with Gasteiger partial charge in [0, 0.05) is 6.04 Å². The normalized spacial score (nSPS) is 15.0. The summed E-state index contributed by atoms with van der Waals surface area (Å²) >= 11 is 0. The average molecular weight is 101 g/mol. The Hall–Kier alpha value is -0.0400. The van der Waals surface area contributed by atoms with Gasteiger partial charge in [-0.1, -0.05) is 6.92 Å². The number of hydrogen-bond donors (Lipinski definition) is 0. The van der Waals surface area contributed by atoms with Gasteiger partial charge in [-0.3, -0.25) is 0 Å². The maximum atomic E-state index is 2.22. The van der Waals surface area contributed by atoms with Crippen LogP contribution in [0.3, 0.4) is 0 Å². The van der Waals surface area contributed by atoms with Gasteiger partial charge < -0.3 is 4.90 Å². The van der Waals surface area contributed by atoms with E-state index >= 15 is 0 Å². The lowest BCUT2D eigenvalue weighted by molar-refractivity contribution is 0.307. The predicted molar refractivity (Wildman–Crippen MR) is 33.4 cm³/mol. The maximum absolute atomic E-state index is 2.22. The minimum Gasteiger partial charge on any atom is -0.307 e. The van der Waals surface area contributed by atoms with Crippen molar-refractivity contribution in [3.63, 3.8) is 0 Å². The number of nitrogens with zero attached hydrogens (tertiary/aromatic N) is 1. The Labute approximate surface area is 46.3 Å². The molecule has 0 aromatic rings. The predicted octanol–water partition coefficient (Wildman–Crippen LogP) is 1.35. The average Bonchev–Trinajstić information content (AvgIpc) is 1.65. The van der Waals surface area contributed by atoms with E-state index in [4.69, 9.17) is 0 Å². The van der Waals surface area contributed by atoms with Crippen molar-refractivity contribution in [2.45, 2.75) is 26.3 Å². The Morgan fingerprint density at radius 3 is 1.86 bits per heavy atom. The van der Waals surface area contributed by atoms with Crippen LogP contribution in [0.15, 0.2) is 0 Å². The van der Waals surface area contributed by atoms with E-state index in [9.17, 15) is 0 Å². The van der Waals surface area contributed by atoms with Crippen molar-refractivity contribution in [3.8, 4) is 0 Å². The molecule has 0 aliphatic carbocycles. The fourth-order valence-electron chi connectivity index (χ4n) is 0.365. The van der Waals surface area contributed by atoms with Gasteiger partial charge in [-0.2, -0.15) is 0 Å². The lowest BCUT2D eigenvalue weighted by Gasteiger charge is -2.16. The molecule has 0 N–H and O–H groups in total. The number of rotatable bonds is 2. The number of hydrogen-bond acceptors (Lipinski definition) is 1. The molecule has 7 heavy (non-hydrogen) atoms. The highest BCUT2D eigenvalue weighted by Crippen LogP contribution is 1.93. The van der Waals surface area contributed by atoms with Gasteiger partial charge in [-0.15, -0.1) is 0 Å². The molecule has 1 nitrogen and oxygen atoms in total. The lowest BCUT2D eigenvalue weighted by Crippen LogP contribution is -2.23. The molecule has 0 fully saturated rings. The molecule has 0 amide bonds. The monoisotopic (exact) mass is 101 g/mol. The van der Waals surface area contributed by atoms with E-state index < -0.39 is 0 Å². The van der Waals surface area contributed by atoms with E-state index in [1.807, 2.05) is 0 Å². The molecule has 0 bridgehead atoms. The van der Waals surface area contributed by atoms with E-state index in [2.05, 4.69) is 32.8 Å². The van der Waals surface area contributed by atoms with Crippen molar-refractivity contribution >= 4 is 0 Å². The minimum absolute atomic E-state index is 0.736.